The zero-order valence-corrected chi connectivity index (χ0v) is 6.50. The monoisotopic (exact) mass is 167 g/mol. The van der Waals surface area contributed by atoms with Gasteiger partial charge in [0.25, 0.3) is 0 Å². The van der Waals surface area contributed by atoms with Crippen LogP contribution in [0.4, 0.5) is 0 Å². The number of carbonyl (C=O) groups is 3. The third-order valence-corrected chi connectivity index (χ3v) is 1.74. The summed E-state index contributed by atoms with van der Waals surface area (Å²) in [4.78, 5) is 32.4. The van der Waals surface area contributed by atoms with Crippen molar-refractivity contribution in [2.75, 3.05) is 0 Å². The van der Waals surface area contributed by atoms with Crippen molar-refractivity contribution in [1.82, 2.24) is 5.32 Å². The van der Waals surface area contributed by atoms with E-state index in [1.807, 2.05) is 0 Å². The smallest absolute Gasteiger partial charge is 0.230 e. The molecule has 0 aromatic carbocycles. The molecule has 1 fully saturated rings. The van der Waals surface area contributed by atoms with Gasteiger partial charge in [-0.15, -0.1) is 0 Å². The van der Waals surface area contributed by atoms with Crippen molar-refractivity contribution < 1.29 is 14.4 Å². The van der Waals surface area contributed by atoms with Gasteiger partial charge in [-0.25, -0.2) is 0 Å². The molecule has 1 heterocycles. The SMILES string of the molecule is C=CC(=O)CC1CC(=O)NC1=O. The summed E-state index contributed by atoms with van der Waals surface area (Å²) in [5.41, 5.74) is 0. The Morgan fingerprint density at radius 3 is 2.75 bits per heavy atom. The summed E-state index contributed by atoms with van der Waals surface area (Å²) in [5.74, 6) is -1.34. The van der Waals surface area contributed by atoms with Crippen LogP contribution in [0.2, 0.25) is 0 Å². The lowest BCUT2D eigenvalue weighted by atomic mass is 10.0. The predicted molar refractivity (Wildman–Crippen MR) is 41.1 cm³/mol. The molecule has 64 valence electrons. The quantitative estimate of drug-likeness (QED) is 0.467. The van der Waals surface area contributed by atoms with Gasteiger partial charge in [0, 0.05) is 12.8 Å². The van der Waals surface area contributed by atoms with Crippen molar-refractivity contribution in [1.29, 1.82) is 0 Å². The van der Waals surface area contributed by atoms with Crippen LogP contribution < -0.4 is 5.32 Å². The number of carbonyl (C=O) groups excluding carboxylic acids is 3. The molecule has 0 bridgehead atoms. The largest absolute Gasteiger partial charge is 0.296 e. The van der Waals surface area contributed by atoms with Crippen molar-refractivity contribution in [2.24, 2.45) is 5.92 Å². The average Bonchev–Trinajstić information content (AvgIpc) is 2.30. The summed E-state index contributed by atoms with van der Waals surface area (Å²) < 4.78 is 0. The first-order valence-corrected chi connectivity index (χ1v) is 3.62. The van der Waals surface area contributed by atoms with E-state index in [0.29, 0.717) is 0 Å². The average molecular weight is 167 g/mol. The summed E-state index contributed by atoms with van der Waals surface area (Å²) in [6, 6.07) is 0. The molecule has 1 atom stereocenters. The van der Waals surface area contributed by atoms with Crippen molar-refractivity contribution >= 4 is 17.6 Å². The number of hydrogen-bond acceptors (Lipinski definition) is 3. The number of ketones is 1. The van der Waals surface area contributed by atoms with Crippen molar-refractivity contribution in [3.8, 4) is 0 Å². The topological polar surface area (TPSA) is 63.2 Å². The highest BCUT2D eigenvalue weighted by molar-refractivity contribution is 6.05. The first-order valence-electron chi connectivity index (χ1n) is 3.62. The summed E-state index contributed by atoms with van der Waals surface area (Å²) in [6.45, 7) is 3.28. The Hall–Kier alpha value is -1.45. The first kappa shape index (κ1) is 8.64. The van der Waals surface area contributed by atoms with Crippen LogP contribution in [-0.4, -0.2) is 17.6 Å². The summed E-state index contributed by atoms with van der Waals surface area (Å²) in [7, 11) is 0. The highest BCUT2D eigenvalue weighted by atomic mass is 16.2. The van der Waals surface area contributed by atoms with Gasteiger partial charge in [-0.1, -0.05) is 6.58 Å². The maximum absolute atomic E-state index is 10.9. The number of amides is 2. The third-order valence-electron chi connectivity index (χ3n) is 1.74. The zero-order chi connectivity index (χ0) is 9.14. The summed E-state index contributed by atoms with van der Waals surface area (Å²) >= 11 is 0. The minimum atomic E-state index is -0.483. The van der Waals surface area contributed by atoms with Crippen LogP contribution in [0.1, 0.15) is 12.8 Å². The molecule has 0 spiro atoms. The lowest BCUT2D eigenvalue weighted by molar-refractivity contribution is -0.127. The molecule has 1 aliphatic heterocycles. The molecule has 4 heteroatoms. The maximum Gasteiger partial charge on any atom is 0.230 e. The van der Waals surface area contributed by atoms with Crippen LogP contribution in [-0.2, 0) is 14.4 Å². The van der Waals surface area contributed by atoms with E-state index < -0.39 is 5.92 Å². The van der Waals surface area contributed by atoms with E-state index >= 15 is 0 Å². The van der Waals surface area contributed by atoms with Gasteiger partial charge >= 0.3 is 0 Å². The van der Waals surface area contributed by atoms with Crippen molar-refractivity contribution in [3.63, 3.8) is 0 Å². The lowest BCUT2D eigenvalue weighted by Gasteiger charge is -1.99. The zero-order valence-electron chi connectivity index (χ0n) is 6.50. The molecule has 0 aromatic heterocycles. The van der Waals surface area contributed by atoms with Crippen molar-refractivity contribution in [3.05, 3.63) is 12.7 Å². The molecule has 4 nitrogen and oxygen atoms in total. The number of imide groups is 1. The molecule has 1 N–H and O–H groups in total. The van der Waals surface area contributed by atoms with E-state index in [1.54, 1.807) is 0 Å². The van der Waals surface area contributed by atoms with Crippen LogP contribution in [0.5, 0.6) is 0 Å². The molecule has 12 heavy (non-hydrogen) atoms. The standard InChI is InChI=1S/C8H9NO3/c1-2-6(10)3-5-4-7(11)9-8(5)12/h2,5H,1,3-4H2,(H,9,11,12). The van der Waals surface area contributed by atoms with Gasteiger partial charge in [-0.05, 0) is 6.08 Å². The Morgan fingerprint density at radius 1 is 1.67 bits per heavy atom. The van der Waals surface area contributed by atoms with Crippen LogP contribution in [0, 0.1) is 5.92 Å². The second-order valence-corrected chi connectivity index (χ2v) is 2.69. The van der Waals surface area contributed by atoms with E-state index in [0.717, 1.165) is 6.08 Å². The molecular weight excluding hydrogens is 158 g/mol. The molecule has 1 saturated heterocycles. The van der Waals surface area contributed by atoms with E-state index in [-0.39, 0.29) is 30.4 Å². The van der Waals surface area contributed by atoms with E-state index in [4.69, 9.17) is 0 Å². The second kappa shape index (κ2) is 3.30. The molecular formula is C8H9NO3. The van der Waals surface area contributed by atoms with Crippen molar-refractivity contribution in [2.45, 2.75) is 12.8 Å². The van der Waals surface area contributed by atoms with Gasteiger partial charge in [-0.2, -0.15) is 0 Å². The molecule has 0 aliphatic carbocycles. The summed E-state index contributed by atoms with van der Waals surface area (Å²) in [6.07, 6.45) is 1.37. The fraction of sp³-hybridized carbons (Fsp3) is 0.375. The number of rotatable bonds is 3. The van der Waals surface area contributed by atoms with E-state index in [1.165, 1.54) is 0 Å². The normalized spacial score (nSPS) is 22.2. The Kier molecular flexibility index (Phi) is 2.38. The van der Waals surface area contributed by atoms with Gasteiger partial charge in [0.2, 0.25) is 11.8 Å². The van der Waals surface area contributed by atoms with Gasteiger partial charge in [0.05, 0.1) is 5.92 Å². The molecule has 1 aliphatic rings. The van der Waals surface area contributed by atoms with Gasteiger partial charge in [-0.3, -0.25) is 19.7 Å². The molecule has 2 amide bonds. The highest BCUT2D eigenvalue weighted by Gasteiger charge is 2.31. The van der Waals surface area contributed by atoms with E-state index in [2.05, 4.69) is 11.9 Å². The molecule has 0 aromatic rings. The van der Waals surface area contributed by atoms with Gasteiger partial charge < -0.3 is 0 Å². The van der Waals surface area contributed by atoms with Crippen LogP contribution in [0.25, 0.3) is 0 Å². The number of nitrogens with one attached hydrogen (secondary N) is 1. The first-order chi connectivity index (χ1) is 5.63. The maximum atomic E-state index is 10.9. The van der Waals surface area contributed by atoms with E-state index in [9.17, 15) is 14.4 Å². The summed E-state index contributed by atoms with van der Waals surface area (Å²) in [5, 5.41) is 2.13. The van der Waals surface area contributed by atoms with Crippen LogP contribution in [0.15, 0.2) is 12.7 Å². The molecule has 1 unspecified atom stereocenters. The Balaban J connectivity index is 2.54. The highest BCUT2D eigenvalue weighted by Crippen LogP contribution is 2.15. The Bertz CT molecular complexity index is 257. The van der Waals surface area contributed by atoms with Gasteiger partial charge in [0.1, 0.15) is 0 Å². The minimum Gasteiger partial charge on any atom is -0.296 e. The fourth-order valence-corrected chi connectivity index (χ4v) is 1.10. The third kappa shape index (κ3) is 1.78. The Morgan fingerprint density at radius 2 is 2.33 bits per heavy atom. The second-order valence-electron chi connectivity index (χ2n) is 2.69. The Labute approximate surface area is 69.6 Å². The van der Waals surface area contributed by atoms with Gasteiger partial charge in [0.15, 0.2) is 5.78 Å². The fourth-order valence-electron chi connectivity index (χ4n) is 1.10. The lowest BCUT2D eigenvalue weighted by Crippen LogP contribution is -2.22. The minimum absolute atomic E-state index is 0.0844. The predicted octanol–water partition coefficient (Wildman–Crippen LogP) is -0.206. The molecule has 1 rings (SSSR count). The number of allylic oxidation sites excluding steroid dienone is 1. The van der Waals surface area contributed by atoms with Crippen LogP contribution in [0.3, 0.4) is 0 Å². The number of hydrogen-bond donors (Lipinski definition) is 1. The molecule has 0 radical (unpaired) electrons. The van der Waals surface area contributed by atoms with Crippen LogP contribution >= 0.6 is 0 Å². The molecule has 0 saturated carbocycles.